The van der Waals surface area contributed by atoms with E-state index in [9.17, 15) is 9.59 Å². The molecule has 0 aliphatic carbocycles. The average Bonchev–Trinajstić information content (AvgIpc) is 2.83. The number of carbonyl (C=O) groups excluding carboxylic acids is 2. The van der Waals surface area contributed by atoms with Crippen LogP contribution in [0.15, 0.2) is 34.8 Å². The molecule has 98 valence electrons. The largest absolute Gasteiger partial charge is 0.290 e. The van der Waals surface area contributed by atoms with E-state index >= 15 is 0 Å². The zero-order valence-electron chi connectivity index (χ0n) is 10.0. The van der Waals surface area contributed by atoms with Gasteiger partial charge in [0.05, 0.1) is 5.56 Å². The van der Waals surface area contributed by atoms with Crippen molar-refractivity contribution in [3.05, 3.63) is 51.8 Å². The standard InChI is InChI=1S/C12H11BrN4O2/c1-7-6-10(15-14-7)12(19)17-16-11(18)8-4-2-3-5-9(8)13/h2-6H,1H3,(H,14,15)(H,16,18)(H,17,19). The lowest BCUT2D eigenvalue weighted by Gasteiger charge is -2.07. The van der Waals surface area contributed by atoms with Gasteiger partial charge in [-0.15, -0.1) is 0 Å². The minimum atomic E-state index is -0.482. The van der Waals surface area contributed by atoms with Crippen LogP contribution >= 0.6 is 15.9 Å². The molecule has 0 radical (unpaired) electrons. The molecule has 0 spiro atoms. The van der Waals surface area contributed by atoms with Crippen LogP contribution in [0.1, 0.15) is 26.5 Å². The Morgan fingerprint density at radius 3 is 2.53 bits per heavy atom. The molecule has 2 aromatic rings. The summed E-state index contributed by atoms with van der Waals surface area (Å²) in [5.41, 5.74) is 6.03. The second-order valence-electron chi connectivity index (χ2n) is 3.82. The summed E-state index contributed by atoms with van der Waals surface area (Å²) in [7, 11) is 0. The summed E-state index contributed by atoms with van der Waals surface area (Å²) in [6, 6.07) is 8.50. The number of amides is 2. The summed E-state index contributed by atoms with van der Waals surface area (Å²) < 4.78 is 0.650. The van der Waals surface area contributed by atoms with Crippen LogP contribution in [0.5, 0.6) is 0 Å². The molecule has 0 aliphatic heterocycles. The molecule has 0 aliphatic rings. The van der Waals surface area contributed by atoms with Gasteiger partial charge < -0.3 is 0 Å². The Kier molecular flexibility index (Phi) is 3.96. The van der Waals surface area contributed by atoms with Crippen molar-refractivity contribution in [1.82, 2.24) is 21.0 Å². The molecule has 0 saturated heterocycles. The molecule has 0 bridgehead atoms. The molecule has 2 amide bonds. The lowest BCUT2D eigenvalue weighted by molar-refractivity contribution is 0.0843. The number of carbonyl (C=O) groups is 2. The predicted molar refractivity (Wildman–Crippen MR) is 72.4 cm³/mol. The molecule has 6 nitrogen and oxygen atoms in total. The molecular weight excluding hydrogens is 312 g/mol. The van der Waals surface area contributed by atoms with Gasteiger partial charge in [-0.1, -0.05) is 12.1 Å². The van der Waals surface area contributed by atoms with Crippen molar-refractivity contribution in [3.63, 3.8) is 0 Å². The summed E-state index contributed by atoms with van der Waals surface area (Å²) in [5.74, 6) is -0.891. The van der Waals surface area contributed by atoms with Crippen LogP contribution in [0.3, 0.4) is 0 Å². The summed E-state index contributed by atoms with van der Waals surface area (Å²) in [6.45, 7) is 1.78. The van der Waals surface area contributed by atoms with Gasteiger partial charge in [0, 0.05) is 10.2 Å². The first-order valence-electron chi connectivity index (χ1n) is 5.45. The van der Waals surface area contributed by atoms with Gasteiger partial charge in [-0.05, 0) is 41.1 Å². The first-order chi connectivity index (χ1) is 9.08. The second-order valence-corrected chi connectivity index (χ2v) is 4.68. The number of hydrazine groups is 1. The van der Waals surface area contributed by atoms with E-state index in [1.807, 2.05) is 0 Å². The Balaban J connectivity index is 1.98. The van der Waals surface area contributed by atoms with E-state index in [-0.39, 0.29) is 5.69 Å². The van der Waals surface area contributed by atoms with E-state index in [0.717, 1.165) is 5.69 Å². The fourth-order valence-corrected chi connectivity index (χ4v) is 1.89. The van der Waals surface area contributed by atoms with E-state index in [0.29, 0.717) is 10.0 Å². The van der Waals surface area contributed by atoms with Crippen LogP contribution in [-0.4, -0.2) is 22.0 Å². The summed E-state index contributed by atoms with van der Waals surface area (Å²) >= 11 is 3.26. The van der Waals surface area contributed by atoms with Gasteiger partial charge in [0.15, 0.2) is 5.69 Å². The highest BCUT2D eigenvalue weighted by molar-refractivity contribution is 9.10. The third-order valence-corrected chi connectivity index (χ3v) is 3.04. The summed E-state index contributed by atoms with van der Waals surface area (Å²) in [4.78, 5) is 23.5. The van der Waals surface area contributed by atoms with Crippen molar-refractivity contribution in [2.75, 3.05) is 0 Å². The Morgan fingerprint density at radius 1 is 1.21 bits per heavy atom. The first kappa shape index (κ1) is 13.3. The molecule has 2 rings (SSSR count). The number of benzene rings is 1. The molecular formula is C12H11BrN4O2. The van der Waals surface area contributed by atoms with E-state index in [1.54, 1.807) is 37.3 Å². The van der Waals surface area contributed by atoms with E-state index in [4.69, 9.17) is 0 Å². The smallest absolute Gasteiger partial charge is 0.282 e. The SMILES string of the molecule is Cc1cc(C(=O)NNC(=O)c2ccccc2Br)n[nH]1. The van der Waals surface area contributed by atoms with Crippen molar-refractivity contribution in [2.24, 2.45) is 0 Å². The number of nitrogens with one attached hydrogen (secondary N) is 3. The molecule has 19 heavy (non-hydrogen) atoms. The number of aromatic nitrogens is 2. The molecule has 7 heteroatoms. The van der Waals surface area contributed by atoms with Crippen LogP contribution in [0.4, 0.5) is 0 Å². The fourth-order valence-electron chi connectivity index (χ4n) is 1.42. The zero-order chi connectivity index (χ0) is 13.8. The number of aryl methyl sites for hydroxylation is 1. The minimum Gasteiger partial charge on any atom is -0.282 e. The number of rotatable bonds is 2. The third kappa shape index (κ3) is 3.19. The van der Waals surface area contributed by atoms with E-state index < -0.39 is 11.8 Å². The Labute approximate surface area is 117 Å². The third-order valence-electron chi connectivity index (χ3n) is 2.35. The van der Waals surface area contributed by atoms with E-state index in [1.165, 1.54) is 0 Å². The van der Waals surface area contributed by atoms with Gasteiger partial charge in [-0.2, -0.15) is 5.10 Å². The Hall–Kier alpha value is -2.15. The second kappa shape index (κ2) is 5.66. The van der Waals surface area contributed by atoms with Gasteiger partial charge in [0.2, 0.25) is 0 Å². The van der Waals surface area contributed by atoms with Gasteiger partial charge >= 0.3 is 0 Å². The highest BCUT2D eigenvalue weighted by Gasteiger charge is 2.12. The van der Waals surface area contributed by atoms with Crippen LogP contribution < -0.4 is 10.9 Å². The van der Waals surface area contributed by atoms with Gasteiger partial charge in [0.1, 0.15) is 0 Å². The number of aromatic amines is 1. The molecule has 0 saturated carbocycles. The number of nitrogens with zero attached hydrogens (tertiary/aromatic N) is 1. The van der Waals surface area contributed by atoms with Gasteiger partial charge in [-0.25, -0.2) is 0 Å². The lowest BCUT2D eigenvalue weighted by Crippen LogP contribution is -2.41. The van der Waals surface area contributed by atoms with Gasteiger partial charge in [0.25, 0.3) is 11.8 Å². The van der Waals surface area contributed by atoms with Crippen LogP contribution in [0.2, 0.25) is 0 Å². The normalized spacial score (nSPS) is 10.0. The van der Waals surface area contributed by atoms with Crippen molar-refractivity contribution >= 4 is 27.7 Å². The number of H-pyrrole nitrogens is 1. The maximum Gasteiger partial charge on any atom is 0.290 e. The fraction of sp³-hybridized carbons (Fsp3) is 0.0833. The summed E-state index contributed by atoms with van der Waals surface area (Å²) in [5, 5.41) is 6.43. The maximum atomic E-state index is 11.8. The Bertz CT molecular complexity index is 624. The average molecular weight is 323 g/mol. The van der Waals surface area contributed by atoms with Crippen LogP contribution in [-0.2, 0) is 0 Å². The highest BCUT2D eigenvalue weighted by Crippen LogP contribution is 2.15. The van der Waals surface area contributed by atoms with E-state index in [2.05, 4.69) is 37.0 Å². The molecule has 1 aromatic heterocycles. The molecule has 0 atom stereocenters. The molecule has 0 fully saturated rings. The molecule has 1 aromatic carbocycles. The molecule has 3 N–H and O–H groups in total. The van der Waals surface area contributed by atoms with Crippen molar-refractivity contribution < 1.29 is 9.59 Å². The number of hydrogen-bond donors (Lipinski definition) is 3. The van der Waals surface area contributed by atoms with Crippen molar-refractivity contribution in [3.8, 4) is 0 Å². The maximum absolute atomic E-state index is 11.8. The lowest BCUT2D eigenvalue weighted by atomic mass is 10.2. The van der Waals surface area contributed by atoms with Crippen molar-refractivity contribution in [2.45, 2.75) is 6.92 Å². The zero-order valence-corrected chi connectivity index (χ0v) is 11.6. The van der Waals surface area contributed by atoms with Crippen LogP contribution in [0, 0.1) is 6.92 Å². The number of halogens is 1. The first-order valence-corrected chi connectivity index (χ1v) is 6.24. The minimum absolute atomic E-state index is 0.213. The highest BCUT2D eigenvalue weighted by atomic mass is 79.9. The van der Waals surface area contributed by atoms with Crippen molar-refractivity contribution in [1.29, 1.82) is 0 Å². The topological polar surface area (TPSA) is 86.9 Å². The Morgan fingerprint density at radius 2 is 1.89 bits per heavy atom. The monoisotopic (exact) mass is 322 g/mol. The predicted octanol–water partition coefficient (Wildman–Crippen LogP) is 1.56. The molecule has 1 heterocycles. The summed E-state index contributed by atoms with van der Waals surface area (Å²) in [6.07, 6.45) is 0. The van der Waals surface area contributed by atoms with Crippen LogP contribution in [0.25, 0.3) is 0 Å². The quantitative estimate of drug-likeness (QED) is 0.733. The van der Waals surface area contributed by atoms with Gasteiger partial charge in [-0.3, -0.25) is 25.5 Å². The molecule has 0 unspecified atom stereocenters. The number of hydrogen-bond acceptors (Lipinski definition) is 3.